The topological polar surface area (TPSA) is 26.3 Å². The minimum Gasteiger partial charge on any atom is -0.463 e. The van der Waals surface area contributed by atoms with Crippen LogP contribution in [0.1, 0.15) is 33.1 Å². The Morgan fingerprint density at radius 2 is 2.08 bits per heavy atom. The molecule has 2 heteroatoms. The van der Waals surface area contributed by atoms with Crippen molar-refractivity contribution in [1.29, 1.82) is 0 Å². The fraction of sp³-hybridized carbons (Fsp3) is 0.636. The second-order valence-electron chi connectivity index (χ2n) is 3.89. The largest absolute Gasteiger partial charge is 0.463 e. The van der Waals surface area contributed by atoms with E-state index in [2.05, 4.69) is 27.4 Å². The highest BCUT2D eigenvalue weighted by molar-refractivity contribution is 5.81. The van der Waals surface area contributed by atoms with Crippen molar-refractivity contribution in [3.05, 3.63) is 19.6 Å². The molecule has 2 nitrogen and oxygen atoms in total. The van der Waals surface area contributed by atoms with E-state index in [0.29, 0.717) is 6.61 Å². The Kier molecular flexibility index (Phi) is 5.44. The molecule has 0 unspecified atom stereocenters. The average Bonchev–Trinajstić information content (AvgIpc) is 2.03. The molecule has 75 valence electrons. The number of carbonyl (C=O) groups excluding carboxylic acids is 1. The van der Waals surface area contributed by atoms with Gasteiger partial charge in [-0.1, -0.05) is 33.8 Å². The Bertz CT molecular complexity index is 171. The summed E-state index contributed by atoms with van der Waals surface area (Å²) in [7, 11) is 0. The third-order valence-corrected chi connectivity index (χ3v) is 2.04. The Labute approximate surface area is 81.0 Å². The van der Waals surface area contributed by atoms with Gasteiger partial charge in [0, 0.05) is 6.08 Å². The minimum atomic E-state index is -0.342. The van der Waals surface area contributed by atoms with Crippen LogP contribution in [0.3, 0.4) is 0 Å². The van der Waals surface area contributed by atoms with Gasteiger partial charge in [-0.3, -0.25) is 0 Å². The molecule has 0 heterocycles. The van der Waals surface area contributed by atoms with Crippen LogP contribution in [0.2, 0.25) is 0 Å². The molecule has 0 fully saturated rings. The normalized spacial score (nSPS) is 11.0. The summed E-state index contributed by atoms with van der Waals surface area (Å²) >= 11 is 0. The lowest BCUT2D eigenvalue weighted by atomic mass is 9.85. The summed E-state index contributed by atoms with van der Waals surface area (Å²) in [4.78, 5) is 10.7. The molecule has 0 saturated carbocycles. The number of ether oxygens (including phenoxy) is 1. The zero-order valence-electron chi connectivity index (χ0n) is 8.64. The van der Waals surface area contributed by atoms with Gasteiger partial charge < -0.3 is 4.74 Å². The lowest BCUT2D eigenvalue weighted by Gasteiger charge is -2.23. The summed E-state index contributed by atoms with van der Waals surface area (Å²) in [5.74, 6) is -0.342. The van der Waals surface area contributed by atoms with E-state index in [1.165, 1.54) is 6.08 Å². The van der Waals surface area contributed by atoms with Gasteiger partial charge in [0.25, 0.3) is 0 Å². The molecule has 0 N–H and O–H groups in total. The van der Waals surface area contributed by atoms with Crippen LogP contribution in [0.15, 0.2) is 12.7 Å². The van der Waals surface area contributed by atoms with Gasteiger partial charge in [-0.15, -0.1) is 0 Å². The second kappa shape index (κ2) is 5.79. The highest BCUT2D eigenvalue weighted by Crippen LogP contribution is 2.26. The molecule has 0 bridgehead atoms. The first-order valence-electron chi connectivity index (χ1n) is 4.60. The fourth-order valence-corrected chi connectivity index (χ4v) is 1.09. The third kappa shape index (κ3) is 6.38. The standard InChI is InChI=1S/C11H19O2/c1-5-7-11(3,4)8-9-13-10(12)6-2/h6H,1-2,5,7-9H2,3-4H3. The van der Waals surface area contributed by atoms with Crippen LogP contribution in [0.5, 0.6) is 0 Å². The number of esters is 1. The molecule has 0 aliphatic carbocycles. The van der Waals surface area contributed by atoms with Gasteiger partial charge in [0.1, 0.15) is 0 Å². The summed E-state index contributed by atoms with van der Waals surface area (Å²) in [5.41, 5.74) is 0.212. The Balaban J connectivity index is 3.62. The maximum atomic E-state index is 10.7. The first-order chi connectivity index (χ1) is 6.02. The van der Waals surface area contributed by atoms with Gasteiger partial charge in [0.05, 0.1) is 6.61 Å². The van der Waals surface area contributed by atoms with E-state index >= 15 is 0 Å². The smallest absolute Gasteiger partial charge is 0.330 e. The molecule has 1 radical (unpaired) electrons. The molecular weight excluding hydrogens is 164 g/mol. The Morgan fingerprint density at radius 1 is 1.46 bits per heavy atom. The molecule has 0 spiro atoms. The monoisotopic (exact) mass is 183 g/mol. The first kappa shape index (κ1) is 12.2. The van der Waals surface area contributed by atoms with Gasteiger partial charge in [0.15, 0.2) is 0 Å². The first-order valence-corrected chi connectivity index (χ1v) is 4.60. The highest BCUT2D eigenvalue weighted by Gasteiger charge is 2.16. The van der Waals surface area contributed by atoms with Crippen molar-refractivity contribution in [2.75, 3.05) is 6.61 Å². The molecular formula is C11H19O2. The van der Waals surface area contributed by atoms with Crippen molar-refractivity contribution in [3.63, 3.8) is 0 Å². The summed E-state index contributed by atoms with van der Waals surface area (Å²) < 4.78 is 4.90. The van der Waals surface area contributed by atoms with Gasteiger partial charge >= 0.3 is 5.97 Å². The maximum absolute atomic E-state index is 10.7. The zero-order chi connectivity index (χ0) is 10.3. The van der Waals surface area contributed by atoms with E-state index in [4.69, 9.17) is 4.74 Å². The predicted octanol–water partition coefficient (Wildman–Crippen LogP) is 2.75. The molecule has 0 aromatic rings. The third-order valence-electron chi connectivity index (χ3n) is 2.04. The van der Waals surface area contributed by atoms with Crippen LogP contribution in [-0.4, -0.2) is 12.6 Å². The van der Waals surface area contributed by atoms with E-state index in [1.807, 2.05) is 0 Å². The van der Waals surface area contributed by atoms with Gasteiger partial charge in [-0.2, -0.15) is 0 Å². The number of rotatable bonds is 6. The molecule has 0 aliphatic heterocycles. The van der Waals surface area contributed by atoms with E-state index in [0.717, 1.165) is 19.3 Å². The lowest BCUT2D eigenvalue weighted by Crippen LogP contribution is -2.15. The molecule has 0 aliphatic rings. The summed E-state index contributed by atoms with van der Waals surface area (Å²) in [6.45, 7) is 11.9. The SMILES string of the molecule is [CH2]CCC(C)(C)CCOC(=O)C=C. The number of hydrogen-bond donors (Lipinski definition) is 0. The van der Waals surface area contributed by atoms with E-state index in [9.17, 15) is 4.79 Å². The molecule has 0 saturated heterocycles. The van der Waals surface area contributed by atoms with Crippen LogP contribution in [-0.2, 0) is 9.53 Å². The van der Waals surface area contributed by atoms with Gasteiger partial charge in [-0.25, -0.2) is 4.79 Å². The molecule has 0 aromatic heterocycles. The quantitative estimate of drug-likeness (QED) is 0.467. The summed E-state index contributed by atoms with van der Waals surface area (Å²) in [6.07, 6.45) is 4.04. The van der Waals surface area contributed by atoms with Crippen molar-refractivity contribution < 1.29 is 9.53 Å². The number of carbonyl (C=O) groups is 1. The fourth-order valence-electron chi connectivity index (χ4n) is 1.09. The molecule has 0 aromatic carbocycles. The van der Waals surface area contributed by atoms with Crippen molar-refractivity contribution in [1.82, 2.24) is 0 Å². The van der Waals surface area contributed by atoms with Crippen molar-refractivity contribution in [3.8, 4) is 0 Å². The Hall–Kier alpha value is -0.790. The van der Waals surface area contributed by atoms with Crippen LogP contribution in [0.4, 0.5) is 0 Å². The minimum absolute atomic E-state index is 0.212. The molecule has 0 atom stereocenters. The lowest BCUT2D eigenvalue weighted by molar-refractivity contribution is -0.138. The number of hydrogen-bond acceptors (Lipinski definition) is 2. The maximum Gasteiger partial charge on any atom is 0.330 e. The van der Waals surface area contributed by atoms with Crippen LogP contribution in [0.25, 0.3) is 0 Å². The van der Waals surface area contributed by atoms with Gasteiger partial charge in [-0.05, 0) is 18.3 Å². The van der Waals surface area contributed by atoms with E-state index in [-0.39, 0.29) is 11.4 Å². The van der Waals surface area contributed by atoms with Crippen LogP contribution in [0, 0.1) is 12.3 Å². The van der Waals surface area contributed by atoms with Crippen LogP contribution >= 0.6 is 0 Å². The second-order valence-corrected chi connectivity index (χ2v) is 3.89. The van der Waals surface area contributed by atoms with E-state index in [1.54, 1.807) is 0 Å². The van der Waals surface area contributed by atoms with E-state index < -0.39 is 0 Å². The molecule has 13 heavy (non-hydrogen) atoms. The van der Waals surface area contributed by atoms with Crippen molar-refractivity contribution >= 4 is 5.97 Å². The van der Waals surface area contributed by atoms with Gasteiger partial charge in [0.2, 0.25) is 0 Å². The Morgan fingerprint density at radius 3 is 2.54 bits per heavy atom. The molecule has 0 rings (SSSR count). The van der Waals surface area contributed by atoms with Crippen LogP contribution < -0.4 is 0 Å². The van der Waals surface area contributed by atoms with Crippen molar-refractivity contribution in [2.45, 2.75) is 33.1 Å². The summed E-state index contributed by atoms with van der Waals surface area (Å²) in [6, 6.07) is 0. The average molecular weight is 183 g/mol. The predicted molar refractivity (Wildman–Crippen MR) is 54.1 cm³/mol. The molecule has 0 amide bonds. The van der Waals surface area contributed by atoms with Crippen molar-refractivity contribution in [2.24, 2.45) is 5.41 Å². The zero-order valence-corrected chi connectivity index (χ0v) is 8.64. The summed E-state index contributed by atoms with van der Waals surface area (Å²) in [5, 5.41) is 0. The highest BCUT2D eigenvalue weighted by atomic mass is 16.5.